The number of carbonyl (C=O) groups excluding carboxylic acids is 1. The van der Waals surface area contributed by atoms with Gasteiger partial charge in [-0.25, -0.2) is 4.79 Å². The number of amides is 2. The molecule has 0 atom stereocenters. The lowest BCUT2D eigenvalue weighted by Crippen LogP contribution is -2.48. The Bertz CT molecular complexity index is 1200. The molecule has 3 aromatic carbocycles. The number of carbonyl (C=O) groups is 1. The number of benzene rings is 3. The van der Waals surface area contributed by atoms with Crippen LogP contribution in [0, 0.1) is 0 Å². The Balaban J connectivity index is 1.15. The van der Waals surface area contributed by atoms with E-state index in [4.69, 9.17) is 4.84 Å². The highest BCUT2D eigenvalue weighted by Gasteiger charge is 2.43. The van der Waals surface area contributed by atoms with Crippen LogP contribution < -0.4 is 5.32 Å². The number of anilines is 1. The van der Waals surface area contributed by atoms with Crippen LogP contribution in [0.25, 0.3) is 11.1 Å². The maximum atomic E-state index is 12.9. The quantitative estimate of drug-likeness (QED) is 0.458. The maximum absolute atomic E-state index is 12.9. The Morgan fingerprint density at radius 3 is 2.09 bits per heavy atom. The summed E-state index contributed by atoms with van der Waals surface area (Å²) in [6.07, 6.45) is 2.35. The van der Waals surface area contributed by atoms with Gasteiger partial charge < -0.3 is 15.1 Å². The van der Waals surface area contributed by atoms with E-state index in [-0.39, 0.29) is 17.0 Å². The lowest BCUT2D eigenvalue weighted by atomic mass is 9.84. The molecule has 2 amide bonds. The second-order valence-corrected chi connectivity index (χ2v) is 10.7. The first-order valence-corrected chi connectivity index (χ1v) is 12.4. The van der Waals surface area contributed by atoms with Crippen molar-refractivity contribution in [1.82, 2.24) is 4.90 Å². The maximum Gasteiger partial charge on any atom is 0.321 e. The largest absolute Gasteiger partial charge is 0.388 e. The number of urea groups is 1. The van der Waals surface area contributed by atoms with E-state index in [2.05, 4.69) is 67.6 Å². The van der Waals surface area contributed by atoms with Crippen LogP contribution in [0.4, 0.5) is 10.5 Å². The Kier molecular flexibility index (Phi) is 6.10. The van der Waals surface area contributed by atoms with E-state index in [0.29, 0.717) is 13.1 Å². The number of likely N-dealkylation sites (tertiary alicyclic amines) is 1. The molecular formula is C30H33N3O2. The molecular weight excluding hydrogens is 434 g/mol. The van der Waals surface area contributed by atoms with Gasteiger partial charge in [-0.3, -0.25) is 0 Å². The predicted molar refractivity (Wildman–Crippen MR) is 142 cm³/mol. The van der Waals surface area contributed by atoms with E-state index in [1.54, 1.807) is 0 Å². The van der Waals surface area contributed by atoms with Crippen LogP contribution in [0.2, 0.25) is 0 Å². The van der Waals surface area contributed by atoms with Gasteiger partial charge in [-0.15, -0.1) is 0 Å². The smallest absolute Gasteiger partial charge is 0.321 e. The monoisotopic (exact) mass is 467 g/mol. The van der Waals surface area contributed by atoms with Crippen LogP contribution in [-0.2, 0) is 10.3 Å². The van der Waals surface area contributed by atoms with Gasteiger partial charge in [0.15, 0.2) is 0 Å². The molecule has 35 heavy (non-hydrogen) atoms. The molecule has 2 aliphatic heterocycles. The summed E-state index contributed by atoms with van der Waals surface area (Å²) in [7, 11) is 0. The molecule has 5 nitrogen and oxygen atoms in total. The normalized spacial score (nSPS) is 17.1. The minimum atomic E-state index is -0.299. The van der Waals surface area contributed by atoms with Crippen LogP contribution in [0.5, 0.6) is 0 Å². The Hall–Kier alpha value is -3.60. The molecule has 0 aliphatic carbocycles. The molecule has 2 heterocycles. The third kappa shape index (κ3) is 5.09. The highest BCUT2D eigenvalue weighted by atomic mass is 16.7. The lowest BCUT2D eigenvalue weighted by molar-refractivity contribution is -0.0544. The number of hydrogen-bond donors (Lipinski definition) is 1. The van der Waals surface area contributed by atoms with Crippen LogP contribution in [0.1, 0.15) is 51.2 Å². The fourth-order valence-corrected chi connectivity index (χ4v) is 4.80. The standard InChI is InChI=1S/C30H33N3O2/c1-29(2,3)25-13-9-24(10-14-25)27-21-30(35-32-27)17-19-33(20-18-30)28(34)31-26-15-11-23(12-16-26)22-7-5-4-6-8-22/h4-16H,17-21H2,1-3H3,(H,31,34). The molecule has 5 rings (SSSR count). The molecule has 5 heteroatoms. The Labute approximate surface area is 207 Å². The molecule has 0 radical (unpaired) electrons. The summed E-state index contributed by atoms with van der Waals surface area (Å²) >= 11 is 0. The van der Waals surface area contributed by atoms with Crippen molar-refractivity contribution in [3.63, 3.8) is 0 Å². The van der Waals surface area contributed by atoms with Crippen LogP contribution in [-0.4, -0.2) is 35.3 Å². The summed E-state index contributed by atoms with van der Waals surface area (Å²) < 4.78 is 0. The fraction of sp³-hybridized carbons (Fsp3) is 0.333. The van der Waals surface area contributed by atoms with Crippen molar-refractivity contribution in [1.29, 1.82) is 0 Å². The molecule has 0 aromatic heterocycles. The van der Waals surface area contributed by atoms with E-state index in [0.717, 1.165) is 47.4 Å². The molecule has 180 valence electrons. The topological polar surface area (TPSA) is 53.9 Å². The van der Waals surface area contributed by atoms with Gasteiger partial charge in [0.2, 0.25) is 0 Å². The van der Waals surface area contributed by atoms with Crippen molar-refractivity contribution in [3.05, 3.63) is 90.0 Å². The molecule has 1 N–H and O–H groups in total. The van der Waals surface area contributed by atoms with Crippen molar-refractivity contribution in [3.8, 4) is 11.1 Å². The van der Waals surface area contributed by atoms with Gasteiger partial charge >= 0.3 is 6.03 Å². The lowest BCUT2D eigenvalue weighted by Gasteiger charge is -2.37. The van der Waals surface area contributed by atoms with Crippen LogP contribution >= 0.6 is 0 Å². The zero-order valence-electron chi connectivity index (χ0n) is 20.8. The first kappa shape index (κ1) is 23.2. The molecule has 1 saturated heterocycles. The van der Waals surface area contributed by atoms with E-state index >= 15 is 0 Å². The minimum absolute atomic E-state index is 0.0655. The molecule has 0 bridgehead atoms. The van der Waals surface area contributed by atoms with Crippen molar-refractivity contribution >= 4 is 17.4 Å². The SMILES string of the molecule is CC(C)(C)c1ccc(C2=NOC3(CCN(C(=O)Nc4ccc(-c5ccccc5)cc4)CC3)C2)cc1. The molecule has 0 unspecified atom stereocenters. The highest BCUT2D eigenvalue weighted by molar-refractivity contribution is 6.01. The number of rotatable bonds is 3. The Morgan fingerprint density at radius 1 is 0.857 bits per heavy atom. The highest BCUT2D eigenvalue weighted by Crippen LogP contribution is 2.36. The van der Waals surface area contributed by atoms with E-state index in [1.807, 2.05) is 47.4 Å². The van der Waals surface area contributed by atoms with Gasteiger partial charge in [-0.2, -0.15) is 0 Å². The number of hydrogen-bond acceptors (Lipinski definition) is 3. The zero-order chi connectivity index (χ0) is 24.5. The van der Waals surface area contributed by atoms with Gasteiger partial charge in [-0.05, 0) is 39.8 Å². The van der Waals surface area contributed by atoms with Crippen molar-refractivity contribution in [2.75, 3.05) is 18.4 Å². The average Bonchev–Trinajstić information content (AvgIpc) is 3.28. The Morgan fingerprint density at radius 2 is 1.46 bits per heavy atom. The molecule has 2 aliphatic rings. The summed E-state index contributed by atoms with van der Waals surface area (Å²) in [5.41, 5.74) is 6.36. The molecule has 0 saturated carbocycles. The van der Waals surface area contributed by atoms with E-state index in [1.165, 1.54) is 5.56 Å². The zero-order valence-corrected chi connectivity index (χ0v) is 20.8. The summed E-state index contributed by atoms with van der Waals surface area (Å²) in [6.45, 7) is 7.96. The van der Waals surface area contributed by atoms with Gasteiger partial charge in [-0.1, -0.05) is 92.7 Å². The summed E-state index contributed by atoms with van der Waals surface area (Å²) in [5, 5.41) is 7.48. The van der Waals surface area contributed by atoms with Gasteiger partial charge in [0.05, 0.1) is 5.71 Å². The van der Waals surface area contributed by atoms with E-state index in [9.17, 15) is 4.79 Å². The van der Waals surface area contributed by atoms with E-state index < -0.39 is 0 Å². The fourth-order valence-electron chi connectivity index (χ4n) is 4.80. The summed E-state index contributed by atoms with van der Waals surface area (Å²) in [6, 6.07) is 26.8. The van der Waals surface area contributed by atoms with Crippen molar-refractivity contribution < 1.29 is 9.63 Å². The van der Waals surface area contributed by atoms with Crippen molar-refractivity contribution in [2.24, 2.45) is 5.16 Å². The molecule has 3 aromatic rings. The van der Waals surface area contributed by atoms with Gasteiger partial charge in [0.1, 0.15) is 5.60 Å². The average molecular weight is 468 g/mol. The second-order valence-electron chi connectivity index (χ2n) is 10.7. The third-order valence-electron chi connectivity index (χ3n) is 7.13. The van der Waals surface area contributed by atoms with Gasteiger partial charge in [0, 0.05) is 38.0 Å². The van der Waals surface area contributed by atoms with Gasteiger partial charge in [0.25, 0.3) is 0 Å². The first-order chi connectivity index (χ1) is 16.8. The minimum Gasteiger partial charge on any atom is -0.388 e. The second kappa shape index (κ2) is 9.21. The number of nitrogens with zero attached hydrogens (tertiary/aromatic N) is 2. The van der Waals surface area contributed by atoms with Crippen LogP contribution in [0.15, 0.2) is 84.0 Å². The number of piperidine rings is 1. The van der Waals surface area contributed by atoms with Crippen molar-refractivity contribution in [2.45, 2.75) is 51.0 Å². The van der Waals surface area contributed by atoms with Crippen LogP contribution in [0.3, 0.4) is 0 Å². The summed E-state index contributed by atoms with van der Waals surface area (Å²) in [4.78, 5) is 20.7. The molecule has 1 fully saturated rings. The first-order valence-electron chi connectivity index (χ1n) is 12.4. The predicted octanol–water partition coefficient (Wildman–Crippen LogP) is 6.84. The molecule has 1 spiro atoms. The number of nitrogens with one attached hydrogen (secondary N) is 1. The third-order valence-corrected chi connectivity index (χ3v) is 7.13. The summed E-state index contributed by atoms with van der Waals surface area (Å²) in [5.74, 6) is 0. The number of oxime groups is 1.